The Morgan fingerprint density at radius 1 is 1.37 bits per heavy atom. The Labute approximate surface area is 114 Å². The summed E-state index contributed by atoms with van der Waals surface area (Å²) in [6.07, 6.45) is 4.79. The zero-order chi connectivity index (χ0) is 13.5. The normalized spacial score (nSPS) is 28.2. The van der Waals surface area contributed by atoms with Crippen LogP contribution in [0.15, 0.2) is 0 Å². The van der Waals surface area contributed by atoms with Crippen LogP contribution in [0.4, 0.5) is 0 Å². The summed E-state index contributed by atoms with van der Waals surface area (Å²) in [6, 6.07) is 0.0783. The number of carbonyl (C=O) groups is 1. The van der Waals surface area contributed by atoms with Gasteiger partial charge in [-0.05, 0) is 44.7 Å². The minimum absolute atomic E-state index is 0.0783. The molecule has 1 saturated carbocycles. The quantitative estimate of drug-likeness (QED) is 0.767. The first-order valence-electron chi connectivity index (χ1n) is 7.37. The van der Waals surface area contributed by atoms with Crippen molar-refractivity contribution in [1.29, 1.82) is 0 Å². The van der Waals surface area contributed by atoms with Gasteiger partial charge in [0.25, 0.3) is 0 Å². The third-order valence-corrected chi connectivity index (χ3v) is 4.55. The summed E-state index contributed by atoms with van der Waals surface area (Å²) in [4.78, 5) is 16.8. The average Bonchev–Trinajstić information content (AvgIpc) is 3.01. The summed E-state index contributed by atoms with van der Waals surface area (Å²) >= 11 is 0. The minimum atomic E-state index is -0.816. The number of β-amino-alcohol motifs (C(OH)–C–C–N with tert-alkyl or cyclic N) is 1. The van der Waals surface area contributed by atoms with Crippen molar-refractivity contribution in [3.05, 3.63) is 0 Å². The first-order chi connectivity index (χ1) is 9.13. The van der Waals surface area contributed by atoms with Crippen LogP contribution < -0.4 is 0 Å². The van der Waals surface area contributed by atoms with Gasteiger partial charge in [-0.1, -0.05) is 0 Å². The van der Waals surface area contributed by atoms with Gasteiger partial charge < -0.3 is 14.7 Å². The maximum Gasteiger partial charge on any atom is 0.240 e. The predicted molar refractivity (Wildman–Crippen MR) is 70.7 cm³/mol. The number of nitrogens with zero attached hydrogens (tertiary/aromatic N) is 2. The second-order valence-electron chi connectivity index (χ2n) is 6.38. The molecule has 108 valence electrons. The molecule has 5 heteroatoms. The average molecular weight is 268 g/mol. The lowest BCUT2D eigenvalue weighted by molar-refractivity contribution is -0.169. The zero-order valence-corrected chi connectivity index (χ0v) is 11.7. The van der Waals surface area contributed by atoms with Crippen molar-refractivity contribution in [2.75, 3.05) is 39.9 Å². The van der Waals surface area contributed by atoms with E-state index in [4.69, 9.17) is 4.74 Å². The van der Waals surface area contributed by atoms with Crippen LogP contribution in [0.1, 0.15) is 25.7 Å². The fourth-order valence-electron chi connectivity index (χ4n) is 3.45. The summed E-state index contributed by atoms with van der Waals surface area (Å²) in [5.74, 6) is 0.784. The van der Waals surface area contributed by atoms with Crippen LogP contribution in [0.5, 0.6) is 0 Å². The highest BCUT2D eigenvalue weighted by Crippen LogP contribution is 2.38. The fraction of sp³-hybridized carbons (Fsp3) is 0.929. The smallest absolute Gasteiger partial charge is 0.240 e. The lowest BCUT2D eigenvalue weighted by atomic mass is 9.93. The Morgan fingerprint density at radius 3 is 2.53 bits per heavy atom. The van der Waals surface area contributed by atoms with E-state index >= 15 is 0 Å². The molecule has 0 bridgehead atoms. The lowest BCUT2D eigenvalue weighted by Gasteiger charge is -2.48. The molecule has 0 radical (unpaired) electrons. The van der Waals surface area contributed by atoms with E-state index in [9.17, 15) is 9.90 Å². The second-order valence-corrected chi connectivity index (χ2v) is 6.38. The number of carbonyl (C=O) groups excluding carboxylic acids is 1. The van der Waals surface area contributed by atoms with Gasteiger partial charge in [-0.25, -0.2) is 0 Å². The van der Waals surface area contributed by atoms with Gasteiger partial charge in [0.05, 0.1) is 25.7 Å². The molecule has 3 aliphatic rings. The maximum absolute atomic E-state index is 12.6. The van der Waals surface area contributed by atoms with E-state index in [0.29, 0.717) is 25.6 Å². The molecular formula is C14H24N2O3. The molecule has 0 aromatic carbocycles. The summed E-state index contributed by atoms with van der Waals surface area (Å²) < 4.78 is 5.00. The van der Waals surface area contributed by atoms with Gasteiger partial charge in [0.2, 0.25) is 5.91 Å². The third-order valence-electron chi connectivity index (χ3n) is 4.55. The number of methoxy groups -OCH3 is 1. The Bertz CT molecular complexity index is 345. The fourth-order valence-corrected chi connectivity index (χ4v) is 3.45. The SMILES string of the molecule is COCC1(O)CN(C(=O)C(C2CC2)N2CCCC2)C1. The summed E-state index contributed by atoms with van der Waals surface area (Å²) in [6.45, 7) is 3.29. The first kappa shape index (κ1) is 13.3. The van der Waals surface area contributed by atoms with Crippen LogP contribution in [0, 0.1) is 5.92 Å². The highest BCUT2D eigenvalue weighted by Gasteiger charge is 2.49. The standard InChI is InChI=1S/C14H24N2O3/c1-19-10-14(18)8-16(9-14)13(17)12(11-4-5-11)15-6-2-3-7-15/h11-12,18H,2-10H2,1H3. The number of hydrogen-bond acceptors (Lipinski definition) is 4. The molecular weight excluding hydrogens is 244 g/mol. The first-order valence-corrected chi connectivity index (χ1v) is 7.37. The van der Waals surface area contributed by atoms with Gasteiger partial charge >= 0.3 is 0 Å². The van der Waals surface area contributed by atoms with Gasteiger partial charge in [-0.3, -0.25) is 9.69 Å². The molecule has 1 aliphatic carbocycles. The molecule has 0 spiro atoms. The molecule has 0 aromatic rings. The Hall–Kier alpha value is -0.650. The van der Waals surface area contributed by atoms with Crippen LogP contribution in [0.25, 0.3) is 0 Å². The third kappa shape index (κ3) is 2.64. The van der Waals surface area contributed by atoms with Crippen molar-refractivity contribution in [3.8, 4) is 0 Å². The van der Waals surface area contributed by atoms with E-state index in [-0.39, 0.29) is 11.9 Å². The second kappa shape index (κ2) is 5.04. The van der Waals surface area contributed by atoms with Crippen molar-refractivity contribution < 1.29 is 14.6 Å². The minimum Gasteiger partial charge on any atom is -0.384 e. The van der Waals surface area contributed by atoms with Crippen LogP contribution in [0.2, 0.25) is 0 Å². The molecule has 2 heterocycles. The Morgan fingerprint density at radius 2 is 2.00 bits per heavy atom. The van der Waals surface area contributed by atoms with Crippen LogP contribution in [-0.2, 0) is 9.53 Å². The number of hydrogen-bond donors (Lipinski definition) is 1. The molecule has 0 aromatic heterocycles. The summed E-state index contributed by atoms with van der Waals surface area (Å²) in [5, 5.41) is 10.1. The molecule has 1 unspecified atom stereocenters. The largest absolute Gasteiger partial charge is 0.384 e. The molecule has 5 nitrogen and oxygen atoms in total. The number of amides is 1. The molecule has 19 heavy (non-hydrogen) atoms. The molecule has 3 rings (SSSR count). The highest BCUT2D eigenvalue weighted by atomic mass is 16.5. The number of likely N-dealkylation sites (tertiary alicyclic amines) is 2. The monoisotopic (exact) mass is 268 g/mol. The number of aliphatic hydroxyl groups is 1. The van der Waals surface area contributed by atoms with Crippen molar-refractivity contribution in [3.63, 3.8) is 0 Å². The van der Waals surface area contributed by atoms with E-state index in [2.05, 4.69) is 4.90 Å². The lowest BCUT2D eigenvalue weighted by Crippen LogP contribution is -2.68. The van der Waals surface area contributed by atoms with Crippen molar-refractivity contribution in [2.45, 2.75) is 37.3 Å². The van der Waals surface area contributed by atoms with Crippen molar-refractivity contribution in [1.82, 2.24) is 9.80 Å². The maximum atomic E-state index is 12.6. The summed E-state index contributed by atoms with van der Waals surface area (Å²) in [5.41, 5.74) is -0.816. The van der Waals surface area contributed by atoms with E-state index in [1.54, 1.807) is 12.0 Å². The summed E-state index contributed by atoms with van der Waals surface area (Å²) in [7, 11) is 1.58. The van der Waals surface area contributed by atoms with Gasteiger partial charge in [0.15, 0.2) is 0 Å². The number of rotatable bonds is 5. The molecule has 2 saturated heterocycles. The topological polar surface area (TPSA) is 53.0 Å². The molecule has 3 fully saturated rings. The van der Waals surface area contributed by atoms with Crippen LogP contribution >= 0.6 is 0 Å². The van der Waals surface area contributed by atoms with Crippen molar-refractivity contribution in [2.24, 2.45) is 5.92 Å². The predicted octanol–water partition coefficient (Wildman–Crippen LogP) is 0.0805. The van der Waals surface area contributed by atoms with Gasteiger partial charge in [-0.15, -0.1) is 0 Å². The Balaban J connectivity index is 1.59. The zero-order valence-electron chi connectivity index (χ0n) is 11.7. The van der Waals surface area contributed by atoms with E-state index < -0.39 is 5.60 Å². The van der Waals surface area contributed by atoms with Gasteiger partial charge in [0, 0.05) is 7.11 Å². The van der Waals surface area contributed by atoms with Gasteiger partial charge in [0.1, 0.15) is 5.60 Å². The van der Waals surface area contributed by atoms with Crippen LogP contribution in [0.3, 0.4) is 0 Å². The molecule has 1 atom stereocenters. The number of ether oxygens (including phenoxy) is 1. The Kier molecular flexibility index (Phi) is 3.53. The molecule has 1 N–H and O–H groups in total. The van der Waals surface area contributed by atoms with Gasteiger partial charge in [-0.2, -0.15) is 0 Å². The molecule has 1 amide bonds. The highest BCUT2D eigenvalue weighted by molar-refractivity contribution is 5.83. The van der Waals surface area contributed by atoms with E-state index in [0.717, 1.165) is 13.1 Å². The van der Waals surface area contributed by atoms with E-state index in [1.165, 1.54) is 25.7 Å². The van der Waals surface area contributed by atoms with E-state index in [1.807, 2.05) is 0 Å². The molecule has 2 aliphatic heterocycles. The van der Waals surface area contributed by atoms with Crippen molar-refractivity contribution >= 4 is 5.91 Å². The van der Waals surface area contributed by atoms with Crippen LogP contribution in [-0.4, -0.2) is 72.4 Å².